The minimum absolute atomic E-state index is 0.256. The minimum Gasteiger partial charge on any atom is -0.491 e. The van der Waals surface area contributed by atoms with E-state index >= 15 is 0 Å². The van der Waals surface area contributed by atoms with Crippen molar-refractivity contribution in [2.45, 2.75) is 40.2 Å². The van der Waals surface area contributed by atoms with Gasteiger partial charge in [0.1, 0.15) is 5.75 Å². The zero-order valence-electron chi connectivity index (χ0n) is 8.92. The van der Waals surface area contributed by atoms with Crippen LogP contribution < -0.4 is 4.74 Å². The average Bonchev–Trinajstić information content (AvgIpc) is 2.01. The Morgan fingerprint density at radius 1 is 1.23 bits per heavy atom. The Kier molecular flexibility index (Phi) is 3.35. The number of hydrogen-bond donors (Lipinski definition) is 0. The van der Waals surface area contributed by atoms with E-state index in [-0.39, 0.29) is 6.10 Å². The molecule has 1 heteroatoms. The second kappa shape index (κ2) is 4.31. The van der Waals surface area contributed by atoms with Crippen LogP contribution in [0.25, 0.3) is 0 Å². The third-order valence-corrected chi connectivity index (χ3v) is 1.89. The van der Waals surface area contributed by atoms with Crippen LogP contribution in [0, 0.1) is 6.92 Å². The first-order chi connectivity index (χ1) is 6.11. The van der Waals surface area contributed by atoms with Crippen molar-refractivity contribution in [1.29, 1.82) is 0 Å². The van der Waals surface area contributed by atoms with Gasteiger partial charge in [0.05, 0.1) is 6.10 Å². The van der Waals surface area contributed by atoms with E-state index in [4.69, 9.17) is 4.74 Å². The van der Waals surface area contributed by atoms with E-state index in [2.05, 4.69) is 32.0 Å². The highest BCUT2D eigenvalue weighted by atomic mass is 16.5. The molecule has 1 aromatic rings. The van der Waals surface area contributed by atoms with Crippen LogP contribution in [-0.4, -0.2) is 6.10 Å². The van der Waals surface area contributed by atoms with Gasteiger partial charge in [-0.1, -0.05) is 13.0 Å². The smallest absolute Gasteiger partial charge is 0.120 e. The Balaban J connectivity index is 2.88. The Morgan fingerprint density at radius 2 is 1.92 bits per heavy atom. The molecule has 0 aliphatic rings. The molecule has 0 aromatic heterocycles. The van der Waals surface area contributed by atoms with Crippen LogP contribution in [0.5, 0.6) is 5.75 Å². The van der Waals surface area contributed by atoms with Crippen LogP contribution in [-0.2, 0) is 6.42 Å². The highest BCUT2D eigenvalue weighted by Crippen LogP contribution is 2.18. The Morgan fingerprint density at radius 3 is 2.46 bits per heavy atom. The first-order valence-electron chi connectivity index (χ1n) is 4.89. The van der Waals surface area contributed by atoms with Crippen molar-refractivity contribution in [1.82, 2.24) is 0 Å². The monoisotopic (exact) mass is 178 g/mol. The standard InChI is InChI=1S/C12H18O/c1-5-11-6-10(4)7-12(8-11)13-9(2)3/h6-9H,5H2,1-4H3. The van der Waals surface area contributed by atoms with E-state index in [9.17, 15) is 0 Å². The van der Waals surface area contributed by atoms with Crippen LogP contribution in [0.3, 0.4) is 0 Å². The van der Waals surface area contributed by atoms with Crippen molar-refractivity contribution >= 4 is 0 Å². The molecular weight excluding hydrogens is 160 g/mol. The molecule has 0 fully saturated rings. The molecule has 0 amide bonds. The molecule has 0 heterocycles. The van der Waals surface area contributed by atoms with E-state index in [1.165, 1.54) is 11.1 Å². The van der Waals surface area contributed by atoms with Gasteiger partial charge in [0.25, 0.3) is 0 Å². The fraction of sp³-hybridized carbons (Fsp3) is 0.500. The molecule has 1 nitrogen and oxygen atoms in total. The lowest BCUT2D eigenvalue weighted by Gasteiger charge is -2.11. The Bertz CT molecular complexity index is 276. The second-order valence-electron chi connectivity index (χ2n) is 3.67. The molecule has 0 saturated carbocycles. The molecule has 0 unspecified atom stereocenters. The van der Waals surface area contributed by atoms with Gasteiger partial charge in [-0.25, -0.2) is 0 Å². The molecule has 0 aliphatic heterocycles. The summed E-state index contributed by atoms with van der Waals surface area (Å²) in [7, 11) is 0. The minimum atomic E-state index is 0.256. The van der Waals surface area contributed by atoms with E-state index < -0.39 is 0 Å². The maximum Gasteiger partial charge on any atom is 0.120 e. The molecule has 13 heavy (non-hydrogen) atoms. The molecule has 72 valence electrons. The van der Waals surface area contributed by atoms with Gasteiger partial charge in [-0.3, -0.25) is 0 Å². The lowest BCUT2D eigenvalue weighted by molar-refractivity contribution is 0.242. The Labute approximate surface area is 80.7 Å². The number of hydrogen-bond acceptors (Lipinski definition) is 1. The van der Waals surface area contributed by atoms with Crippen LogP contribution >= 0.6 is 0 Å². The normalized spacial score (nSPS) is 10.5. The van der Waals surface area contributed by atoms with E-state index in [1.807, 2.05) is 13.8 Å². The lowest BCUT2D eigenvalue weighted by Crippen LogP contribution is -2.05. The average molecular weight is 178 g/mol. The van der Waals surface area contributed by atoms with Gasteiger partial charge in [-0.2, -0.15) is 0 Å². The number of rotatable bonds is 3. The summed E-state index contributed by atoms with van der Waals surface area (Å²) < 4.78 is 5.64. The van der Waals surface area contributed by atoms with Crippen molar-refractivity contribution < 1.29 is 4.74 Å². The number of ether oxygens (including phenoxy) is 1. The fourth-order valence-electron chi connectivity index (χ4n) is 1.37. The van der Waals surface area contributed by atoms with Gasteiger partial charge in [0, 0.05) is 0 Å². The summed E-state index contributed by atoms with van der Waals surface area (Å²) in [6.07, 6.45) is 1.32. The molecule has 0 saturated heterocycles. The fourth-order valence-corrected chi connectivity index (χ4v) is 1.37. The van der Waals surface area contributed by atoms with Crippen molar-refractivity contribution in [2.75, 3.05) is 0 Å². The maximum atomic E-state index is 5.64. The summed E-state index contributed by atoms with van der Waals surface area (Å²) >= 11 is 0. The Hall–Kier alpha value is -0.980. The molecule has 0 atom stereocenters. The third-order valence-electron chi connectivity index (χ3n) is 1.89. The van der Waals surface area contributed by atoms with Gasteiger partial charge >= 0.3 is 0 Å². The predicted octanol–water partition coefficient (Wildman–Crippen LogP) is 3.34. The topological polar surface area (TPSA) is 9.23 Å². The molecule has 0 aliphatic carbocycles. The van der Waals surface area contributed by atoms with Crippen molar-refractivity contribution in [3.05, 3.63) is 29.3 Å². The zero-order valence-corrected chi connectivity index (χ0v) is 8.92. The molecule has 0 N–H and O–H groups in total. The SMILES string of the molecule is CCc1cc(C)cc(OC(C)C)c1. The summed E-state index contributed by atoms with van der Waals surface area (Å²) in [4.78, 5) is 0. The van der Waals surface area contributed by atoms with Gasteiger partial charge in [-0.05, 0) is 50.5 Å². The predicted molar refractivity (Wildman–Crippen MR) is 56.3 cm³/mol. The summed E-state index contributed by atoms with van der Waals surface area (Å²) in [6, 6.07) is 6.40. The van der Waals surface area contributed by atoms with Crippen molar-refractivity contribution in [2.24, 2.45) is 0 Å². The van der Waals surface area contributed by atoms with Gasteiger partial charge < -0.3 is 4.74 Å². The quantitative estimate of drug-likeness (QED) is 0.689. The first-order valence-corrected chi connectivity index (χ1v) is 4.89. The molecule has 0 bridgehead atoms. The van der Waals surface area contributed by atoms with Crippen LogP contribution in [0.1, 0.15) is 31.9 Å². The van der Waals surface area contributed by atoms with Gasteiger partial charge in [-0.15, -0.1) is 0 Å². The largest absolute Gasteiger partial charge is 0.491 e. The molecule has 1 rings (SSSR count). The molecular formula is C12H18O. The van der Waals surface area contributed by atoms with E-state index in [1.54, 1.807) is 0 Å². The van der Waals surface area contributed by atoms with Crippen LogP contribution in [0.15, 0.2) is 18.2 Å². The lowest BCUT2D eigenvalue weighted by atomic mass is 10.1. The zero-order chi connectivity index (χ0) is 9.84. The summed E-state index contributed by atoms with van der Waals surface area (Å²) in [5.74, 6) is 0.992. The van der Waals surface area contributed by atoms with Gasteiger partial charge in [0.15, 0.2) is 0 Å². The molecule has 1 aromatic carbocycles. The van der Waals surface area contributed by atoms with Crippen LogP contribution in [0.2, 0.25) is 0 Å². The van der Waals surface area contributed by atoms with Crippen molar-refractivity contribution in [3.8, 4) is 5.75 Å². The summed E-state index contributed by atoms with van der Waals surface area (Å²) in [5.41, 5.74) is 2.62. The van der Waals surface area contributed by atoms with E-state index in [0.717, 1.165) is 12.2 Å². The third kappa shape index (κ3) is 3.10. The first kappa shape index (κ1) is 10.1. The summed E-state index contributed by atoms with van der Waals surface area (Å²) in [5, 5.41) is 0. The number of aryl methyl sites for hydroxylation is 2. The highest BCUT2D eigenvalue weighted by Gasteiger charge is 2.00. The highest BCUT2D eigenvalue weighted by molar-refractivity contribution is 5.33. The van der Waals surface area contributed by atoms with Crippen LogP contribution in [0.4, 0.5) is 0 Å². The second-order valence-corrected chi connectivity index (χ2v) is 3.67. The molecule has 0 spiro atoms. The van der Waals surface area contributed by atoms with Gasteiger partial charge in [0.2, 0.25) is 0 Å². The number of benzene rings is 1. The molecule has 0 radical (unpaired) electrons. The van der Waals surface area contributed by atoms with Crippen molar-refractivity contribution in [3.63, 3.8) is 0 Å². The van der Waals surface area contributed by atoms with E-state index in [0.29, 0.717) is 0 Å². The summed E-state index contributed by atoms with van der Waals surface area (Å²) in [6.45, 7) is 8.36. The maximum absolute atomic E-state index is 5.64.